The number of carbonyl (C=O) groups is 5. The van der Waals surface area contributed by atoms with Crippen LogP contribution in [-0.2, 0) is 54.1 Å². The number of carboxylic acids is 1. The second kappa shape index (κ2) is 21.9. The third-order valence-electron chi connectivity index (χ3n) is 6.39. The molecular weight excluding hydrogens is 594 g/mol. The largest absolute Gasteiger partial charge is 0.481 e. The molecule has 0 saturated heterocycles. The third kappa shape index (κ3) is 15.2. The molecule has 0 aliphatic carbocycles. The molecule has 45 heavy (non-hydrogen) atoms. The van der Waals surface area contributed by atoms with E-state index in [2.05, 4.69) is 10.6 Å². The maximum absolute atomic E-state index is 12.9. The summed E-state index contributed by atoms with van der Waals surface area (Å²) in [5, 5.41) is 24.0. The first-order valence-electron chi connectivity index (χ1n) is 14.6. The van der Waals surface area contributed by atoms with Crippen molar-refractivity contribution < 1.29 is 57.9 Å². The van der Waals surface area contributed by atoms with Crippen LogP contribution in [0.4, 0.5) is 5.69 Å². The number of hydrogen-bond acceptors (Lipinski definition) is 11. The molecule has 2 rings (SSSR count). The van der Waals surface area contributed by atoms with E-state index in [4.69, 9.17) is 28.8 Å². The molecule has 0 spiro atoms. The van der Waals surface area contributed by atoms with Crippen LogP contribution in [0.5, 0.6) is 0 Å². The first-order chi connectivity index (χ1) is 21.7. The van der Waals surface area contributed by atoms with E-state index in [1.165, 1.54) is 24.3 Å². The van der Waals surface area contributed by atoms with Gasteiger partial charge in [0.15, 0.2) is 0 Å². The molecule has 1 unspecified atom stereocenters. The Kier molecular flexibility index (Phi) is 18.2. The number of ether oxygens (including phenoxy) is 5. The summed E-state index contributed by atoms with van der Waals surface area (Å²) in [6.07, 6.45) is 1.96. The van der Waals surface area contributed by atoms with Gasteiger partial charge in [-0.3, -0.25) is 24.0 Å². The average molecular weight is 638 g/mol. The number of nitrogens with one attached hydrogen (secondary N) is 2. The molecule has 1 aliphatic rings. The minimum absolute atomic E-state index is 0.133. The van der Waals surface area contributed by atoms with Gasteiger partial charge in [0.25, 0.3) is 11.8 Å². The Balaban J connectivity index is 1.71. The number of benzene rings is 1. The Morgan fingerprint density at radius 3 is 1.82 bits per heavy atom. The highest BCUT2D eigenvalue weighted by Gasteiger charge is 2.26. The van der Waals surface area contributed by atoms with Crippen molar-refractivity contribution in [2.24, 2.45) is 0 Å². The fourth-order valence-corrected chi connectivity index (χ4v) is 4.03. The zero-order chi connectivity index (χ0) is 32.9. The number of methoxy groups -OCH3 is 1. The number of carbonyl (C=O) groups excluding carboxylic acids is 4. The van der Waals surface area contributed by atoms with E-state index in [0.29, 0.717) is 64.1 Å². The second-order valence-electron chi connectivity index (χ2n) is 9.86. The highest BCUT2D eigenvalue weighted by atomic mass is 16.6. The molecule has 2 atom stereocenters. The topological polar surface area (TPSA) is 199 Å². The van der Waals surface area contributed by atoms with Gasteiger partial charge in [-0.15, -0.1) is 0 Å². The minimum atomic E-state index is -1.15. The maximum Gasteiger partial charge on any atom is 0.303 e. The standard InChI is InChI=1S/C30H43N3O12/c1-41-12-13-43-16-17-45-19-18-44-15-14-42-11-10-23(21-34)31-30(40)25(6-9-29(38)39)32-26(35)20-22-2-4-24(5-3-22)33-27(36)7-8-28(33)37/h2-5,7-8,23,25,34H,6,9-21H2,1H3,(H,31,40)(H,32,35)(H,38,39)/t23?,25-/m0/s1. The fraction of sp³-hybridized carbons (Fsp3) is 0.567. The highest BCUT2D eigenvalue weighted by molar-refractivity contribution is 6.28. The summed E-state index contributed by atoms with van der Waals surface area (Å²) in [4.78, 5) is 61.5. The number of nitrogens with zero attached hydrogens (tertiary/aromatic N) is 1. The van der Waals surface area contributed by atoms with Gasteiger partial charge in [0.2, 0.25) is 11.8 Å². The van der Waals surface area contributed by atoms with E-state index in [-0.39, 0.29) is 38.9 Å². The van der Waals surface area contributed by atoms with Crippen LogP contribution in [0, 0.1) is 0 Å². The van der Waals surface area contributed by atoms with Gasteiger partial charge in [-0.25, -0.2) is 4.90 Å². The molecular formula is C30H43N3O12. The van der Waals surface area contributed by atoms with Gasteiger partial charge in [-0.2, -0.15) is 0 Å². The van der Waals surface area contributed by atoms with E-state index >= 15 is 0 Å². The molecule has 4 N–H and O–H groups in total. The molecule has 1 aromatic carbocycles. The lowest BCUT2D eigenvalue weighted by Gasteiger charge is -2.22. The summed E-state index contributed by atoms with van der Waals surface area (Å²) in [7, 11) is 1.60. The van der Waals surface area contributed by atoms with E-state index in [1.807, 2.05) is 0 Å². The molecule has 0 bridgehead atoms. The van der Waals surface area contributed by atoms with Crippen LogP contribution in [0.3, 0.4) is 0 Å². The van der Waals surface area contributed by atoms with Gasteiger partial charge in [-0.1, -0.05) is 12.1 Å². The van der Waals surface area contributed by atoms with Crippen molar-refractivity contribution in [2.75, 3.05) is 78.1 Å². The highest BCUT2D eigenvalue weighted by Crippen LogP contribution is 2.19. The Morgan fingerprint density at radius 1 is 0.778 bits per heavy atom. The van der Waals surface area contributed by atoms with Crippen LogP contribution in [0.15, 0.2) is 36.4 Å². The van der Waals surface area contributed by atoms with Crippen LogP contribution in [-0.4, -0.2) is 125 Å². The van der Waals surface area contributed by atoms with E-state index in [0.717, 1.165) is 4.90 Å². The number of aliphatic hydroxyl groups is 1. The molecule has 1 aromatic rings. The molecule has 1 heterocycles. The van der Waals surface area contributed by atoms with E-state index in [1.54, 1.807) is 19.2 Å². The van der Waals surface area contributed by atoms with Gasteiger partial charge < -0.3 is 44.5 Å². The molecule has 1 aliphatic heterocycles. The van der Waals surface area contributed by atoms with Crippen molar-refractivity contribution in [3.8, 4) is 0 Å². The van der Waals surface area contributed by atoms with Crippen LogP contribution < -0.4 is 15.5 Å². The Bertz CT molecular complexity index is 1090. The normalized spacial score (nSPS) is 14.0. The third-order valence-corrected chi connectivity index (χ3v) is 6.39. The number of rotatable bonds is 25. The van der Waals surface area contributed by atoms with Crippen molar-refractivity contribution in [3.63, 3.8) is 0 Å². The lowest BCUT2D eigenvalue weighted by Crippen LogP contribution is -2.51. The van der Waals surface area contributed by atoms with Crippen LogP contribution in [0.1, 0.15) is 24.8 Å². The molecule has 0 radical (unpaired) electrons. The summed E-state index contributed by atoms with van der Waals surface area (Å²) in [5.41, 5.74) is 0.899. The van der Waals surface area contributed by atoms with Crippen LogP contribution in [0.25, 0.3) is 0 Å². The lowest BCUT2D eigenvalue weighted by molar-refractivity contribution is -0.138. The van der Waals surface area contributed by atoms with Crippen LogP contribution >= 0.6 is 0 Å². The Hall–Kier alpha value is -3.73. The zero-order valence-corrected chi connectivity index (χ0v) is 25.4. The molecule has 250 valence electrons. The van der Waals surface area contributed by atoms with Crippen molar-refractivity contribution >= 4 is 35.3 Å². The molecule has 0 aromatic heterocycles. The molecule has 0 fully saturated rings. The Morgan fingerprint density at radius 2 is 1.31 bits per heavy atom. The fourth-order valence-electron chi connectivity index (χ4n) is 4.03. The van der Waals surface area contributed by atoms with Crippen molar-refractivity contribution in [1.29, 1.82) is 0 Å². The molecule has 15 nitrogen and oxygen atoms in total. The van der Waals surface area contributed by atoms with E-state index in [9.17, 15) is 29.1 Å². The Labute approximate surface area is 261 Å². The van der Waals surface area contributed by atoms with Gasteiger partial charge in [0.05, 0.1) is 77.6 Å². The molecule has 15 heteroatoms. The summed E-state index contributed by atoms with van der Waals surface area (Å²) < 4.78 is 26.5. The van der Waals surface area contributed by atoms with Crippen molar-refractivity contribution in [2.45, 2.75) is 37.8 Å². The molecule has 4 amide bonds. The number of imide groups is 1. The van der Waals surface area contributed by atoms with E-state index < -0.39 is 41.7 Å². The molecule has 0 saturated carbocycles. The van der Waals surface area contributed by atoms with Crippen LogP contribution in [0.2, 0.25) is 0 Å². The van der Waals surface area contributed by atoms with Gasteiger partial charge in [0, 0.05) is 32.3 Å². The maximum atomic E-state index is 12.9. The van der Waals surface area contributed by atoms with Gasteiger partial charge in [-0.05, 0) is 30.5 Å². The smallest absolute Gasteiger partial charge is 0.303 e. The second-order valence-corrected chi connectivity index (χ2v) is 9.86. The number of carboxylic acid groups (broad SMARTS) is 1. The summed E-state index contributed by atoms with van der Waals surface area (Å²) in [5.74, 6) is -3.23. The predicted molar refractivity (Wildman–Crippen MR) is 159 cm³/mol. The lowest BCUT2D eigenvalue weighted by atomic mass is 10.1. The van der Waals surface area contributed by atoms with Gasteiger partial charge in [0.1, 0.15) is 6.04 Å². The number of hydrogen-bond donors (Lipinski definition) is 4. The van der Waals surface area contributed by atoms with Crippen molar-refractivity contribution in [1.82, 2.24) is 10.6 Å². The van der Waals surface area contributed by atoms with Crippen molar-refractivity contribution in [3.05, 3.63) is 42.0 Å². The predicted octanol–water partition coefficient (Wildman–Crippen LogP) is -0.412. The number of aliphatic carboxylic acids is 1. The number of amides is 4. The first kappa shape index (κ1) is 37.5. The SMILES string of the molecule is COCCOCCOCCOCCOCCC(CO)NC(=O)[C@H](CCC(=O)O)NC(=O)Cc1ccc(N2C(=O)C=CC2=O)cc1. The summed E-state index contributed by atoms with van der Waals surface area (Å²) >= 11 is 0. The number of aliphatic hydroxyl groups excluding tert-OH is 1. The summed E-state index contributed by atoms with van der Waals surface area (Å²) in [6.45, 7) is 3.26. The quantitative estimate of drug-likeness (QED) is 0.0799. The monoisotopic (exact) mass is 637 g/mol. The number of anilines is 1. The average Bonchev–Trinajstić information content (AvgIpc) is 3.36. The first-order valence-corrected chi connectivity index (χ1v) is 14.6. The summed E-state index contributed by atoms with van der Waals surface area (Å²) in [6, 6.07) is 4.37. The van der Waals surface area contributed by atoms with Gasteiger partial charge >= 0.3 is 5.97 Å². The minimum Gasteiger partial charge on any atom is -0.481 e. The zero-order valence-electron chi connectivity index (χ0n) is 25.4.